The molecule has 1 unspecified atom stereocenters. The molecule has 2 aliphatic heterocycles. The Hall–Kier alpha value is -6.36. The standard InChI is InChI=1S/C40H35N3O8/c1-5-42(6-2)28-14-12-25-18-30(38(47)51-33(25)21-28)35-22-40(31-17-15-27(41(3)4)20-34(31)50-35)32-19-26(37(45)46)13-16-29(32)36(44)43(40)39(48)49-23-24-10-8-7-9-11-24/h7-22H,5-6,23H2,1-4H3,(H,45,46). The lowest BCUT2D eigenvalue weighted by molar-refractivity contribution is 0.0541. The summed E-state index contributed by atoms with van der Waals surface area (Å²) in [4.78, 5) is 59.6. The Bertz CT molecular complexity index is 2310. The molecule has 0 saturated heterocycles. The highest BCUT2D eigenvalue weighted by atomic mass is 16.6. The van der Waals surface area contributed by atoms with Crippen LogP contribution in [0.1, 0.15) is 56.8 Å². The Kier molecular flexibility index (Phi) is 8.34. The Morgan fingerprint density at radius 2 is 1.59 bits per heavy atom. The van der Waals surface area contributed by atoms with Gasteiger partial charge in [0, 0.05) is 72.8 Å². The molecule has 0 bridgehead atoms. The number of carbonyl (C=O) groups excluding carboxylic acids is 2. The van der Waals surface area contributed by atoms with Gasteiger partial charge in [-0.3, -0.25) is 4.79 Å². The van der Waals surface area contributed by atoms with E-state index in [4.69, 9.17) is 13.9 Å². The van der Waals surface area contributed by atoms with Gasteiger partial charge in [-0.2, -0.15) is 0 Å². The second kappa shape index (κ2) is 12.8. The number of carboxylic acid groups (broad SMARTS) is 1. The van der Waals surface area contributed by atoms with E-state index in [0.29, 0.717) is 22.1 Å². The number of hydrogen-bond acceptors (Lipinski definition) is 9. The maximum atomic E-state index is 14.3. The molecule has 11 nitrogen and oxygen atoms in total. The zero-order valence-electron chi connectivity index (χ0n) is 28.5. The van der Waals surface area contributed by atoms with Gasteiger partial charge in [0.1, 0.15) is 34.8 Å². The summed E-state index contributed by atoms with van der Waals surface area (Å²) >= 11 is 0. The van der Waals surface area contributed by atoms with Crippen LogP contribution >= 0.6 is 0 Å². The minimum Gasteiger partial charge on any atom is -0.478 e. The smallest absolute Gasteiger partial charge is 0.418 e. The van der Waals surface area contributed by atoms with Gasteiger partial charge in [-0.05, 0) is 68.0 Å². The van der Waals surface area contributed by atoms with Crippen LogP contribution in [-0.4, -0.2) is 55.2 Å². The van der Waals surface area contributed by atoms with Gasteiger partial charge >= 0.3 is 17.7 Å². The Morgan fingerprint density at radius 1 is 0.843 bits per heavy atom. The van der Waals surface area contributed by atoms with E-state index in [1.807, 2.05) is 57.1 Å². The third kappa shape index (κ3) is 5.56. The van der Waals surface area contributed by atoms with Crippen molar-refractivity contribution < 1.29 is 33.4 Å². The molecule has 2 aliphatic rings. The van der Waals surface area contributed by atoms with Crippen molar-refractivity contribution >= 4 is 46.1 Å². The molecule has 0 radical (unpaired) electrons. The van der Waals surface area contributed by atoms with Crippen molar-refractivity contribution in [3.63, 3.8) is 0 Å². The van der Waals surface area contributed by atoms with Crippen molar-refractivity contribution in [2.45, 2.75) is 26.0 Å². The van der Waals surface area contributed by atoms with Gasteiger partial charge in [0.15, 0.2) is 0 Å². The second-order valence-electron chi connectivity index (χ2n) is 12.5. The van der Waals surface area contributed by atoms with Crippen molar-refractivity contribution in [2.75, 3.05) is 37.0 Å². The number of nitrogens with zero attached hydrogens (tertiary/aromatic N) is 3. The molecule has 51 heavy (non-hydrogen) atoms. The number of ether oxygens (including phenoxy) is 2. The van der Waals surface area contributed by atoms with E-state index in [1.165, 1.54) is 24.3 Å². The predicted octanol–water partition coefficient (Wildman–Crippen LogP) is 6.87. The summed E-state index contributed by atoms with van der Waals surface area (Å²) in [6.45, 7) is 5.51. The zero-order valence-corrected chi connectivity index (χ0v) is 28.5. The van der Waals surface area contributed by atoms with Crippen LogP contribution in [0.15, 0.2) is 106 Å². The fraction of sp³-hybridized carbons (Fsp3) is 0.200. The number of carboxylic acids is 1. The van der Waals surface area contributed by atoms with Crippen molar-refractivity contribution in [3.8, 4) is 5.75 Å². The minimum atomic E-state index is -1.77. The molecule has 0 saturated carbocycles. The molecule has 3 heterocycles. The highest BCUT2D eigenvalue weighted by Gasteiger charge is 2.57. The Labute approximate surface area is 293 Å². The van der Waals surface area contributed by atoms with Crippen LogP contribution in [0.25, 0.3) is 16.7 Å². The lowest BCUT2D eigenvalue weighted by Crippen LogP contribution is -2.49. The SMILES string of the molecule is CCN(CC)c1ccc2cc(C3=CC4(c5ccc(N(C)C)cc5O3)c3cc(C(=O)O)ccc3C(=O)N4C(=O)OCc3ccccc3)c(=O)oc2c1. The van der Waals surface area contributed by atoms with Crippen LogP contribution in [0.4, 0.5) is 16.2 Å². The molecule has 1 N–H and O–H groups in total. The first-order valence-corrected chi connectivity index (χ1v) is 16.5. The molecule has 7 rings (SSSR count). The molecule has 0 fully saturated rings. The van der Waals surface area contributed by atoms with Gasteiger partial charge in [-0.25, -0.2) is 19.3 Å². The molecule has 5 aromatic rings. The van der Waals surface area contributed by atoms with Crippen molar-refractivity contribution in [1.82, 2.24) is 4.90 Å². The summed E-state index contributed by atoms with van der Waals surface area (Å²) in [5.41, 5.74) is 0.905. The van der Waals surface area contributed by atoms with E-state index < -0.39 is 29.1 Å². The molecule has 4 aromatic carbocycles. The van der Waals surface area contributed by atoms with E-state index >= 15 is 0 Å². The molecule has 0 aliphatic carbocycles. The maximum Gasteiger partial charge on any atom is 0.418 e. The molecular weight excluding hydrogens is 650 g/mol. The number of amides is 2. The summed E-state index contributed by atoms with van der Waals surface area (Å²) in [7, 11) is 3.70. The van der Waals surface area contributed by atoms with Gasteiger partial charge in [0.25, 0.3) is 5.91 Å². The van der Waals surface area contributed by atoms with Crippen LogP contribution in [0.2, 0.25) is 0 Å². The van der Waals surface area contributed by atoms with Crippen molar-refractivity contribution in [2.24, 2.45) is 0 Å². The normalized spacial score (nSPS) is 16.0. The molecular formula is C40H35N3O8. The number of rotatable bonds is 8. The third-order valence-electron chi connectivity index (χ3n) is 9.42. The van der Waals surface area contributed by atoms with Gasteiger partial charge < -0.3 is 28.8 Å². The molecule has 1 atom stereocenters. The second-order valence-corrected chi connectivity index (χ2v) is 12.5. The molecule has 2 amide bonds. The number of aromatic carboxylic acids is 1. The lowest BCUT2D eigenvalue weighted by Gasteiger charge is -2.39. The van der Waals surface area contributed by atoms with Crippen LogP contribution in [0.3, 0.4) is 0 Å². The largest absolute Gasteiger partial charge is 0.478 e. The summed E-state index contributed by atoms with van der Waals surface area (Å²) < 4.78 is 18.1. The van der Waals surface area contributed by atoms with Gasteiger partial charge in [-0.15, -0.1) is 0 Å². The Balaban J connectivity index is 1.47. The predicted molar refractivity (Wildman–Crippen MR) is 192 cm³/mol. The highest BCUT2D eigenvalue weighted by molar-refractivity contribution is 6.10. The monoisotopic (exact) mass is 685 g/mol. The highest BCUT2D eigenvalue weighted by Crippen LogP contribution is 2.53. The summed E-state index contributed by atoms with van der Waals surface area (Å²) in [6, 6.07) is 25.6. The third-order valence-corrected chi connectivity index (χ3v) is 9.42. The first-order chi connectivity index (χ1) is 24.5. The van der Waals surface area contributed by atoms with Crippen LogP contribution < -0.4 is 20.2 Å². The van der Waals surface area contributed by atoms with Crippen LogP contribution in [-0.2, 0) is 16.9 Å². The van der Waals surface area contributed by atoms with Crippen LogP contribution in [0.5, 0.6) is 5.75 Å². The number of benzene rings is 4. The summed E-state index contributed by atoms with van der Waals surface area (Å²) in [6.07, 6.45) is 0.540. The van der Waals surface area contributed by atoms with E-state index in [2.05, 4.69) is 4.90 Å². The quantitative estimate of drug-likeness (QED) is 0.173. The van der Waals surface area contributed by atoms with Crippen molar-refractivity contribution in [3.05, 3.63) is 141 Å². The Morgan fingerprint density at radius 3 is 2.29 bits per heavy atom. The average molecular weight is 686 g/mol. The molecule has 258 valence electrons. The zero-order chi connectivity index (χ0) is 36.0. The van der Waals surface area contributed by atoms with Crippen molar-refractivity contribution in [1.29, 1.82) is 0 Å². The number of imide groups is 1. The molecule has 11 heteroatoms. The molecule has 1 aromatic heterocycles. The molecule has 1 spiro atoms. The fourth-order valence-electron chi connectivity index (χ4n) is 6.79. The number of anilines is 2. The van der Waals surface area contributed by atoms with Crippen LogP contribution in [0, 0.1) is 0 Å². The first kappa shape index (κ1) is 33.2. The van der Waals surface area contributed by atoms with Gasteiger partial charge in [-0.1, -0.05) is 36.4 Å². The summed E-state index contributed by atoms with van der Waals surface area (Å²) in [5.74, 6) is -1.65. The lowest BCUT2D eigenvalue weighted by atomic mass is 9.79. The first-order valence-electron chi connectivity index (χ1n) is 16.5. The topological polar surface area (TPSA) is 130 Å². The minimum absolute atomic E-state index is 0.0177. The van der Waals surface area contributed by atoms with Gasteiger partial charge in [0.05, 0.1) is 5.56 Å². The van der Waals surface area contributed by atoms with E-state index in [9.17, 15) is 24.3 Å². The summed E-state index contributed by atoms with van der Waals surface area (Å²) in [5, 5.41) is 10.6. The number of fused-ring (bicyclic) bond motifs is 5. The fourth-order valence-corrected chi connectivity index (χ4v) is 6.79. The van der Waals surface area contributed by atoms with Gasteiger partial charge in [0.2, 0.25) is 0 Å². The maximum absolute atomic E-state index is 14.3. The van der Waals surface area contributed by atoms with E-state index in [1.54, 1.807) is 48.5 Å². The van der Waals surface area contributed by atoms with E-state index in [-0.39, 0.29) is 40.4 Å². The average Bonchev–Trinajstić information content (AvgIpc) is 3.37. The number of carbonyl (C=O) groups is 3. The number of hydrogen-bond donors (Lipinski definition) is 1. The van der Waals surface area contributed by atoms with E-state index in [0.717, 1.165) is 29.4 Å².